The second-order valence-corrected chi connectivity index (χ2v) is 4.15. The highest BCUT2D eigenvalue weighted by molar-refractivity contribution is 9.10. The second kappa shape index (κ2) is 4.67. The van der Waals surface area contributed by atoms with E-state index in [0.717, 1.165) is 27.0 Å². The first-order valence-corrected chi connectivity index (χ1v) is 5.25. The molecule has 0 radical (unpaired) electrons. The molecule has 0 aliphatic carbocycles. The molecule has 2 nitrogen and oxygen atoms in total. The molecule has 4 heteroatoms. The minimum atomic E-state index is -0.288. The van der Waals surface area contributed by atoms with Crippen LogP contribution in [-0.2, 0) is 8.98 Å². The molecule has 0 saturated carbocycles. The minimum absolute atomic E-state index is 0.288. The number of halogens is 1. The summed E-state index contributed by atoms with van der Waals surface area (Å²) in [6, 6.07) is 5.77. The topological polar surface area (TPSA) is 26.3 Å². The van der Waals surface area contributed by atoms with Crippen LogP contribution in [0.25, 0.3) is 0 Å². The smallest absolute Gasteiger partial charge is 0.315 e. The Hall–Kier alpha value is -0.480. The number of hydrogen-bond acceptors (Lipinski definition) is 3. The van der Waals surface area contributed by atoms with Crippen LogP contribution in [0.3, 0.4) is 0 Å². The van der Waals surface area contributed by atoms with Gasteiger partial charge in [-0.25, -0.2) is 0 Å². The van der Waals surface area contributed by atoms with Gasteiger partial charge in [-0.1, -0.05) is 22.0 Å². The molecule has 13 heavy (non-hydrogen) atoms. The number of rotatable bonds is 2. The highest BCUT2D eigenvalue weighted by Crippen LogP contribution is 2.28. The molecule has 1 aromatic carbocycles. The normalized spacial score (nSPS) is 9.77. The van der Waals surface area contributed by atoms with Gasteiger partial charge in [-0.05, 0) is 24.6 Å². The lowest BCUT2D eigenvalue weighted by molar-refractivity contribution is -0.130. The van der Waals surface area contributed by atoms with Gasteiger partial charge in [-0.15, -0.1) is 0 Å². The van der Waals surface area contributed by atoms with Crippen LogP contribution in [-0.4, -0.2) is 5.97 Å². The number of benzene rings is 1. The molecule has 70 valence electrons. The summed E-state index contributed by atoms with van der Waals surface area (Å²) in [6.07, 6.45) is 0. The molecule has 1 rings (SSSR count). The minimum Gasteiger partial charge on any atom is -0.386 e. The van der Waals surface area contributed by atoms with Crippen molar-refractivity contribution in [1.82, 2.24) is 0 Å². The number of carbonyl (C=O) groups excluding carboxylic acids is 1. The van der Waals surface area contributed by atoms with E-state index in [4.69, 9.17) is 4.18 Å². The first-order valence-electron chi connectivity index (χ1n) is 3.71. The van der Waals surface area contributed by atoms with Gasteiger partial charge in [0.15, 0.2) is 0 Å². The second-order valence-electron chi connectivity index (χ2n) is 2.52. The summed E-state index contributed by atoms with van der Waals surface area (Å²) in [5, 5.41) is 0. The van der Waals surface area contributed by atoms with E-state index < -0.39 is 0 Å². The van der Waals surface area contributed by atoms with Crippen LogP contribution in [0, 0.1) is 6.92 Å². The van der Waals surface area contributed by atoms with Crippen molar-refractivity contribution in [1.29, 1.82) is 0 Å². The number of hydrogen-bond donors (Lipinski definition) is 0. The lowest BCUT2D eigenvalue weighted by atomic mass is 10.2. The SMILES string of the molecule is CC(=O)OSc1cccc(Br)c1C. The number of carbonyl (C=O) groups is 1. The predicted octanol–water partition coefficient (Wildman–Crippen LogP) is 3.33. The largest absolute Gasteiger partial charge is 0.386 e. The average Bonchev–Trinajstić information content (AvgIpc) is 2.07. The van der Waals surface area contributed by atoms with Crippen LogP contribution in [0.4, 0.5) is 0 Å². The van der Waals surface area contributed by atoms with Gasteiger partial charge >= 0.3 is 5.97 Å². The molecule has 0 bridgehead atoms. The van der Waals surface area contributed by atoms with Crippen LogP contribution in [0.5, 0.6) is 0 Å². The van der Waals surface area contributed by atoms with Gasteiger partial charge in [0.25, 0.3) is 0 Å². The lowest BCUT2D eigenvalue weighted by Gasteiger charge is -2.04. The molecule has 0 saturated heterocycles. The van der Waals surface area contributed by atoms with Crippen LogP contribution in [0.2, 0.25) is 0 Å². The van der Waals surface area contributed by atoms with Gasteiger partial charge in [0.2, 0.25) is 0 Å². The van der Waals surface area contributed by atoms with Gasteiger partial charge < -0.3 is 4.18 Å². The molecule has 0 amide bonds. The van der Waals surface area contributed by atoms with Crippen molar-refractivity contribution < 1.29 is 8.98 Å². The molecule has 0 spiro atoms. The van der Waals surface area contributed by atoms with E-state index in [1.54, 1.807) is 0 Å². The van der Waals surface area contributed by atoms with E-state index >= 15 is 0 Å². The molecule has 0 N–H and O–H groups in total. The van der Waals surface area contributed by atoms with Crippen molar-refractivity contribution in [3.8, 4) is 0 Å². The van der Waals surface area contributed by atoms with Gasteiger partial charge in [0, 0.05) is 11.4 Å². The Kier molecular flexibility index (Phi) is 3.81. The van der Waals surface area contributed by atoms with Crippen LogP contribution < -0.4 is 0 Å². The summed E-state index contributed by atoms with van der Waals surface area (Å²) in [7, 11) is 0. The molecule has 0 aliphatic heterocycles. The van der Waals surface area contributed by atoms with Crippen molar-refractivity contribution in [3.63, 3.8) is 0 Å². The predicted molar refractivity (Wildman–Crippen MR) is 56.5 cm³/mol. The third kappa shape index (κ3) is 3.04. The molecule has 0 unspecified atom stereocenters. The fourth-order valence-corrected chi connectivity index (χ4v) is 1.86. The van der Waals surface area contributed by atoms with Crippen molar-refractivity contribution >= 4 is 33.9 Å². The molecule has 1 aromatic rings. The summed E-state index contributed by atoms with van der Waals surface area (Å²) < 4.78 is 5.84. The summed E-state index contributed by atoms with van der Waals surface area (Å²) in [6.45, 7) is 3.36. The van der Waals surface area contributed by atoms with Gasteiger partial charge in [-0.3, -0.25) is 4.79 Å². The summed E-state index contributed by atoms with van der Waals surface area (Å²) in [4.78, 5) is 11.5. The molecule has 0 atom stereocenters. The van der Waals surface area contributed by atoms with Gasteiger partial charge in [-0.2, -0.15) is 0 Å². The van der Waals surface area contributed by atoms with E-state index in [1.807, 2.05) is 25.1 Å². The molecular weight excluding hydrogens is 252 g/mol. The fraction of sp³-hybridized carbons (Fsp3) is 0.222. The molecule has 0 heterocycles. The lowest BCUT2D eigenvalue weighted by Crippen LogP contribution is -1.90. The summed E-state index contributed by atoms with van der Waals surface area (Å²) in [5.74, 6) is -0.288. The maximum absolute atomic E-state index is 10.6. The van der Waals surface area contributed by atoms with Crippen molar-refractivity contribution in [2.75, 3.05) is 0 Å². The molecule has 0 aromatic heterocycles. The van der Waals surface area contributed by atoms with Crippen LogP contribution >= 0.6 is 28.0 Å². The van der Waals surface area contributed by atoms with Crippen molar-refractivity contribution in [2.45, 2.75) is 18.7 Å². The highest BCUT2D eigenvalue weighted by atomic mass is 79.9. The quantitative estimate of drug-likeness (QED) is 0.764. The van der Waals surface area contributed by atoms with Crippen LogP contribution in [0.1, 0.15) is 12.5 Å². The average molecular weight is 261 g/mol. The highest BCUT2D eigenvalue weighted by Gasteiger charge is 2.04. The maximum atomic E-state index is 10.6. The van der Waals surface area contributed by atoms with Crippen LogP contribution in [0.15, 0.2) is 27.6 Å². The summed E-state index contributed by atoms with van der Waals surface area (Å²) in [5.41, 5.74) is 1.08. The first kappa shape index (κ1) is 10.6. The maximum Gasteiger partial charge on any atom is 0.315 e. The Balaban J connectivity index is 2.77. The Labute approximate surface area is 90.0 Å². The zero-order chi connectivity index (χ0) is 9.84. The third-order valence-corrected chi connectivity index (χ3v) is 3.27. The monoisotopic (exact) mass is 260 g/mol. The van der Waals surface area contributed by atoms with Gasteiger partial charge in [0.05, 0.1) is 16.9 Å². The molecular formula is C9H9BrO2S. The third-order valence-electron chi connectivity index (χ3n) is 1.47. The Morgan fingerprint density at radius 2 is 2.23 bits per heavy atom. The summed E-state index contributed by atoms with van der Waals surface area (Å²) >= 11 is 4.49. The Bertz CT molecular complexity index is 325. The van der Waals surface area contributed by atoms with Crippen molar-refractivity contribution in [2.24, 2.45) is 0 Å². The zero-order valence-corrected chi connectivity index (χ0v) is 9.74. The van der Waals surface area contributed by atoms with Gasteiger partial charge in [0.1, 0.15) is 0 Å². The Morgan fingerprint density at radius 1 is 1.54 bits per heavy atom. The fourth-order valence-electron chi connectivity index (χ4n) is 0.782. The zero-order valence-electron chi connectivity index (χ0n) is 7.33. The van der Waals surface area contributed by atoms with E-state index in [1.165, 1.54) is 6.92 Å². The van der Waals surface area contributed by atoms with E-state index in [-0.39, 0.29) is 5.97 Å². The van der Waals surface area contributed by atoms with E-state index in [2.05, 4.69) is 15.9 Å². The molecule has 0 fully saturated rings. The first-order chi connectivity index (χ1) is 6.11. The van der Waals surface area contributed by atoms with E-state index in [9.17, 15) is 4.79 Å². The Morgan fingerprint density at radius 3 is 2.85 bits per heavy atom. The standard InChI is InChI=1S/C9H9BrO2S/c1-6-8(10)4-3-5-9(6)13-12-7(2)11/h3-5H,1-2H3. The van der Waals surface area contributed by atoms with E-state index in [0.29, 0.717) is 0 Å². The van der Waals surface area contributed by atoms with Crippen molar-refractivity contribution in [3.05, 3.63) is 28.2 Å². The molecule has 0 aliphatic rings.